The molecule has 0 radical (unpaired) electrons. The molecule has 3 aromatic rings. The average Bonchev–Trinajstić information content (AvgIpc) is 2.96. The van der Waals surface area contributed by atoms with Crippen LogP contribution >= 0.6 is 23.1 Å². The third-order valence-electron chi connectivity index (χ3n) is 2.47. The van der Waals surface area contributed by atoms with Gasteiger partial charge >= 0.3 is 0 Å². The molecule has 0 fully saturated rings. The van der Waals surface area contributed by atoms with Gasteiger partial charge in [-0.1, -0.05) is 11.3 Å². The molecule has 0 spiro atoms. The molecule has 0 aliphatic carbocycles. The van der Waals surface area contributed by atoms with Crippen molar-refractivity contribution in [2.24, 2.45) is 0 Å². The highest BCUT2D eigenvalue weighted by Gasteiger charge is 2.07. The minimum Gasteiger partial charge on any atom is -0.497 e. The van der Waals surface area contributed by atoms with E-state index in [1.165, 1.54) is 23.1 Å². The number of rotatable bonds is 5. The van der Waals surface area contributed by atoms with Gasteiger partial charge in [-0.05, 0) is 42.1 Å². The van der Waals surface area contributed by atoms with Crippen LogP contribution in [0.5, 0.6) is 5.75 Å². The van der Waals surface area contributed by atoms with E-state index in [2.05, 4.69) is 25.5 Å². The zero-order valence-electron chi connectivity index (χ0n) is 11.1. The quantitative estimate of drug-likeness (QED) is 0.724. The molecule has 0 saturated heterocycles. The summed E-state index contributed by atoms with van der Waals surface area (Å²) in [6.45, 7) is 0. The smallest absolute Gasteiger partial charge is 0.210 e. The summed E-state index contributed by atoms with van der Waals surface area (Å²) < 4.78 is 5.91. The van der Waals surface area contributed by atoms with Gasteiger partial charge in [0.2, 0.25) is 5.13 Å². The van der Waals surface area contributed by atoms with Crippen molar-refractivity contribution in [2.75, 3.05) is 12.4 Å². The van der Waals surface area contributed by atoms with Gasteiger partial charge in [-0.3, -0.25) is 0 Å². The maximum absolute atomic E-state index is 5.12. The van der Waals surface area contributed by atoms with Crippen LogP contribution in [0, 0.1) is 0 Å². The molecule has 1 aromatic carbocycles. The normalized spacial score (nSPS) is 10.3. The number of hydrogen-bond acceptors (Lipinski definition) is 8. The van der Waals surface area contributed by atoms with Crippen LogP contribution in [0.2, 0.25) is 0 Å². The van der Waals surface area contributed by atoms with Crippen molar-refractivity contribution in [1.82, 2.24) is 20.2 Å². The van der Waals surface area contributed by atoms with E-state index in [9.17, 15) is 0 Å². The lowest BCUT2D eigenvalue weighted by atomic mass is 10.3. The first-order chi connectivity index (χ1) is 10.3. The van der Waals surface area contributed by atoms with Crippen LogP contribution in [-0.2, 0) is 0 Å². The molecule has 2 heterocycles. The van der Waals surface area contributed by atoms with Crippen LogP contribution < -0.4 is 10.1 Å². The van der Waals surface area contributed by atoms with E-state index < -0.39 is 0 Å². The fourth-order valence-electron chi connectivity index (χ4n) is 1.52. The maximum Gasteiger partial charge on any atom is 0.210 e. The van der Waals surface area contributed by atoms with E-state index in [1.807, 2.05) is 24.3 Å². The highest BCUT2D eigenvalue weighted by Crippen LogP contribution is 2.31. The topological polar surface area (TPSA) is 72.8 Å². The predicted octanol–water partition coefficient (Wildman–Crippen LogP) is 3.23. The zero-order chi connectivity index (χ0) is 14.5. The molecule has 0 atom stereocenters. The third kappa shape index (κ3) is 3.67. The molecule has 21 heavy (non-hydrogen) atoms. The first-order valence-corrected chi connectivity index (χ1v) is 7.66. The zero-order valence-corrected chi connectivity index (χ0v) is 12.7. The highest BCUT2D eigenvalue weighted by atomic mass is 32.2. The number of nitrogens with one attached hydrogen (secondary N) is 1. The first-order valence-electron chi connectivity index (χ1n) is 6.03. The fourth-order valence-corrected chi connectivity index (χ4v) is 3.11. The minimum absolute atomic E-state index is 0.657. The Morgan fingerprint density at radius 3 is 2.57 bits per heavy atom. The van der Waals surface area contributed by atoms with Crippen LogP contribution in [-0.4, -0.2) is 27.3 Å². The van der Waals surface area contributed by atoms with Crippen molar-refractivity contribution in [1.29, 1.82) is 0 Å². The second kappa shape index (κ2) is 6.51. The SMILES string of the molecule is COc1ccc(Nc2nnc(Sc3ncccn3)s2)cc1. The highest BCUT2D eigenvalue weighted by molar-refractivity contribution is 8.00. The molecule has 0 amide bonds. The summed E-state index contributed by atoms with van der Waals surface area (Å²) in [5.74, 6) is 0.815. The Balaban J connectivity index is 1.67. The Morgan fingerprint density at radius 1 is 1.10 bits per heavy atom. The fraction of sp³-hybridized carbons (Fsp3) is 0.0769. The summed E-state index contributed by atoms with van der Waals surface area (Å²) in [5.41, 5.74) is 0.930. The average molecular weight is 317 g/mol. The molecule has 106 valence electrons. The van der Waals surface area contributed by atoms with Crippen LogP contribution in [0.1, 0.15) is 0 Å². The van der Waals surface area contributed by atoms with E-state index in [1.54, 1.807) is 25.6 Å². The van der Waals surface area contributed by atoms with Crippen molar-refractivity contribution in [3.8, 4) is 5.75 Å². The largest absolute Gasteiger partial charge is 0.497 e. The van der Waals surface area contributed by atoms with Crippen molar-refractivity contribution in [3.05, 3.63) is 42.7 Å². The Bertz CT molecular complexity index is 702. The Hall–Kier alpha value is -2.19. The van der Waals surface area contributed by atoms with Gasteiger partial charge in [0.25, 0.3) is 0 Å². The number of anilines is 2. The van der Waals surface area contributed by atoms with E-state index >= 15 is 0 Å². The molecule has 0 aliphatic rings. The minimum atomic E-state index is 0.657. The van der Waals surface area contributed by atoms with Gasteiger partial charge in [-0.25, -0.2) is 9.97 Å². The molecule has 1 N–H and O–H groups in total. The van der Waals surface area contributed by atoms with E-state index in [0.29, 0.717) is 5.16 Å². The summed E-state index contributed by atoms with van der Waals surface area (Å²) in [4.78, 5) is 8.29. The molecular weight excluding hydrogens is 306 g/mol. The van der Waals surface area contributed by atoms with Crippen molar-refractivity contribution >= 4 is 33.9 Å². The van der Waals surface area contributed by atoms with Crippen molar-refractivity contribution in [3.63, 3.8) is 0 Å². The monoisotopic (exact) mass is 317 g/mol. The summed E-state index contributed by atoms with van der Waals surface area (Å²) >= 11 is 2.84. The van der Waals surface area contributed by atoms with Crippen LogP contribution in [0.4, 0.5) is 10.8 Å². The number of methoxy groups -OCH3 is 1. The van der Waals surface area contributed by atoms with Crippen LogP contribution in [0.15, 0.2) is 52.2 Å². The van der Waals surface area contributed by atoms with E-state index in [0.717, 1.165) is 20.9 Å². The lowest BCUT2D eigenvalue weighted by molar-refractivity contribution is 0.415. The molecule has 0 bridgehead atoms. The lowest BCUT2D eigenvalue weighted by Crippen LogP contribution is -1.89. The molecular formula is C13H11N5OS2. The molecule has 6 nitrogen and oxygen atoms in total. The predicted molar refractivity (Wildman–Crippen MR) is 82.3 cm³/mol. The van der Waals surface area contributed by atoms with Gasteiger partial charge in [0.15, 0.2) is 9.50 Å². The summed E-state index contributed by atoms with van der Waals surface area (Å²) in [6, 6.07) is 9.40. The van der Waals surface area contributed by atoms with Gasteiger partial charge in [0.1, 0.15) is 5.75 Å². The number of hydrogen-bond donors (Lipinski definition) is 1. The molecule has 3 rings (SSSR count). The van der Waals surface area contributed by atoms with Crippen molar-refractivity contribution in [2.45, 2.75) is 9.50 Å². The second-order valence-corrected chi connectivity index (χ2v) is 6.05. The number of nitrogens with zero attached hydrogens (tertiary/aromatic N) is 4. The van der Waals surface area contributed by atoms with Gasteiger partial charge in [0, 0.05) is 18.1 Å². The number of aromatic nitrogens is 4. The summed E-state index contributed by atoms with van der Waals surface area (Å²) in [5, 5.41) is 12.8. The van der Waals surface area contributed by atoms with Gasteiger partial charge in [-0.2, -0.15) is 0 Å². The Labute approximate surface area is 129 Å². The first kappa shape index (κ1) is 13.8. The molecule has 2 aromatic heterocycles. The lowest BCUT2D eigenvalue weighted by Gasteiger charge is -2.03. The standard InChI is InChI=1S/C13H11N5OS2/c1-19-10-5-3-9(4-6-10)16-12-17-18-13(21-12)20-11-14-7-2-8-15-11/h2-8H,1H3,(H,16,17). The maximum atomic E-state index is 5.12. The Morgan fingerprint density at radius 2 is 1.86 bits per heavy atom. The van der Waals surface area contributed by atoms with Gasteiger partial charge in [0.05, 0.1) is 7.11 Å². The van der Waals surface area contributed by atoms with Crippen LogP contribution in [0.25, 0.3) is 0 Å². The van der Waals surface area contributed by atoms with Crippen LogP contribution in [0.3, 0.4) is 0 Å². The Kier molecular flexibility index (Phi) is 4.27. The van der Waals surface area contributed by atoms with E-state index in [-0.39, 0.29) is 0 Å². The molecule has 8 heteroatoms. The summed E-state index contributed by atoms with van der Waals surface area (Å²) in [7, 11) is 1.64. The van der Waals surface area contributed by atoms with Gasteiger partial charge in [-0.15, -0.1) is 10.2 Å². The molecule has 0 saturated carbocycles. The molecule has 0 aliphatic heterocycles. The van der Waals surface area contributed by atoms with Gasteiger partial charge < -0.3 is 10.1 Å². The van der Waals surface area contributed by atoms with E-state index in [4.69, 9.17) is 4.74 Å². The molecule has 0 unspecified atom stereocenters. The number of ether oxygens (including phenoxy) is 1. The number of benzene rings is 1. The van der Waals surface area contributed by atoms with Crippen molar-refractivity contribution < 1.29 is 4.74 Å². The summed E-state index contributed by atoms with van der Waals surface area (Å²) in [6.07, 6.45) is 3.40. The third-order valence-corrected chi connectivity index (χ3v) is 4.25. The second-order valence-electron chi connectivity index (χ2n) is 3.86.